The second-order valence-corrected chi connectivity index (χ2v) is 6.01. The Morgan fingerprint density at radius 1 is 1.27 bits per heavy atom. The Balaban J connectivity index is 2.15. The highest BCUT2D eigenvalue weighted by Gasteiger charge is 2.46. The predicted octanol–water partition coefficient (Wildman–Crippen LogP) is 3.01. The van der Waals surface area contributed by atoms with Crippen LogP contribution in [0.4, 0.5) is 0 Å². The third kappa shape index (κ3) is 3.21. The summed E-state index contributed by atoms with van der Waals surface area (Å²) in [7, 11) is 1.37. The summed E-state index contributed by atoms with van der Waals surface area (Å²) in [4.78, 5) is 24.8. The first-order valence-electron chi connectivity index (χ1n) is 7.57. The SMILES string of the molecule is COC(=O)[C@H]1CC=CC[C@@]1(C)C(=O)N[C@H](C)c1ccccc1. The molecule has 1 aromatic rings. The molecule has 0 radical (unpaired) electrons. The van der Waals surface area contributed by atoms with E-state index in [0.717, 1.165) is 5.56 Å². The number of esters is 1. The molecule has 22 heavy (non-hydrogen) atoms. The van der Waals surface area contributed by atoms with E-state index >= 15 is 0 Å². The van der Waals surface area contributed by atoms with Gasteiger partial charge in [-0.2, -0.15) is 0 Å². The van der Waals surface area contributed by atoms with Crippen molar-refractivity contribution in [2.24, 2.45) is 11.3 Å². The number of carbonyl (C=O) groups is 2. The Kier molecular flexibility index (Phi) is 5.01. The molecule has 118 valence electrons. The van der Waals surface area contributed by atoms with Crippen LogP contribution in [-0.4, -0.2) is 19.0 Å². The van der Waals surface area contributed by atoms with Gasteiger partial charge in [0.15, 0.2) is 0 Å². The fourth-order valence-corrected chi connectivity index (χ4v) is 2.90. The van der Waals surface area contributed by atoms with Gasteiger partial charge in [0.05, 0.1) is 24.5 Å². The molecule has 3 atom stereocenters. The molecule has 1 aliphatic carbocycles. The number of amides is 1. The number of carbonyl (C=O) groups excluding carboxylic acids is 2. The molecular formula is C18H23NO3. The van der Waals surface area contributed by atoms with Crippen LogP contribution in [0.2, 0.25) is 0 Å². The maximum Gasteiger partial charge on any atom is 0.310 e. The quantitative estimate of drug-likeness (QED) is 0.687. The molecule has 4 heteroatoms. The van der Waals surface area contributed by atoms with E-state index in [2.05, 4.69) is 5.32 Å². The number of ether oxygens (including phenoxy) is 1. The normalized spacial score (nSPS) is 25.3. The molecule has 0 saturated heterocycles. The van der Waals surface area contributed by atoms with Gasteiger partial charge >= 0.3 is 5.97 Å². The van der Waals surface area contributed by atoms with Gasteiger partial charge in [-0.1, -0.05) is 42.5 Å². The smallest absolute Gasteiger partial charge is 0.310 e. The second kappa shape index (κ2) is 6.77. The van der Waals surface area contributed by atoms with E-state index in [1.54, 1.807) is 0 Å². The number of hydrogen-bond acceptors (Lipinski definition) is 3. The van der Waals surface area contributed by atoms with Crippen molar-refractivity contribution >= 4 is 11.9 Å². The zero-order chi connectivity index (χ0) is 16.2. The van der Waals surface area contributed by atoms with Gasteiger partial charge in [0.25, 0.3) is 0 Å². The van der Waals surface area contributed by atoms with Crippen molar-refractivity contribution in [2.75, 3.05) is 7.11 Å². The molecule has 0 unspecified atom stereocenters. The van der Waals surface area contributed by atoms with Crippen LogP contribution in [0.25, 0.3) is 0 Å². The molecule has 0 heterocycles. The lowest BCUT2D eigenvalue weighted by molar-refractivity contribution is -0.155. The largest absolute Gasteiger partial charge is 0.469 e. The van der Waals surface area contributed by atoms with Crippen molar-refractivity contribution in [2.45, 2.75) is 32.7 Å². The minimum absolute atomic E-state index is 0.102. The summed E-state index contributed by atoms with van der Waals surface area (Å²) in [5.74, 6) is -0.872. The van der Waals surface area contributed by atoms with E-state index in [0.29, 0.717) is 12.8 Å². The summed E-state index contributed by atoms with van der Waals surface area (Å²) in [6, 6.07) is 9.69. The molecule has 2 rings (SSSR count). The zero-order valence-electron chi connectivity index (χ0n) is 13.3. The lowest BCUT2D eigenvalue weighted by Crippen LogP contribution is -2.48. The van der Waals surface area contributed by atoms with Crippen LogP contribution in [-0.2, 0) is 14.3 Å². The fourth-order valence-electron chi connectivity index (χ4n) is 2.90. The Bertz CT molecular complexity index is 567. The summed E-state index contributed by atoms with van der Waals surface area (Å²) < 4.78 is 4.87. The van der Waals surface area contributed by atoms with Crippen molar-refractivity contribution in [3.8, 4) is 0 Å². The van der Waals surface area contributed by atoms with Crippen molar-refractivity contribution in [3.63, 3.8) is 0 Å². The van der Waals surface area contributed by atoms with E-state index in [1.165, 1.54) is 7.11 Å². The monoisotopic (exact) mass is 301 g/mol. The van der Waals surface area contributed by atoms with Crippen LogP contribution in [0.5, 0.6) is 0 Å². The maximum atomic E-state index is 12.8. The van der Waals surface area contributed by atoms with Crippen molar-refractivity contribution in [1.82, 2.24) is 5.32 Å². The highest BCUT2D eigenvalue weighted by atomic mass is 16.5. The summed E-state index contributed by atoms with van der Waals surface area (Å²) in [5, 5.41) is 3.03. The fraction of sp³-hybridized carbons (Fsp3) is 0.444. The second-order valence-electron chi connectivity index (χ2n) is 6.01. The highest BCUT2D eigenvalue weighted by Crippen LogP contribution is 2.39. The number of nitrogens with one attached hydrogen (secondary N) is 1. The van der Waals surface area contributed by atoms with Crippen LogP contribution in [0.3, 0.4) is 0 Å². The molecule has 1 amide bonds. The van der Waals surface area contributed by atoms with Crippen molar-refractivity contribution in [3.05, 3.63) is 48.0 Å². The lowest BCUT2D eigenvalue weighted by Gasteiger charge is -2.36. The molecule has 1 aromatic carbocycles. The topological polar surface area (TPSA) is 55.4 Å². The van der Waals surface area contributed by atoms with Crippen LogP contribution >= 0.6 is 0 Å². The van der Waals surface area contributed by atoms with Gasteiger partial charge in [-0.25, -0.2) is 0 Å². The van der Waals surface area contributed by atoms with Gasteiger partial charge in [-0.3, -0.25) is 9.59 Å². The average molecular weight is 301 g/mol. The third-order valence-corrected chi connectivity index (χ3v) is 4.50. The highest BCUT2D eigenvalue weighted by molar-refractivity contribution is 5.89. The first kappa shape index (κ1) is 16.3. The van der Waals surface area contributed by atoms with E-state index < -0.39 is 11.3 Å². The molecular weight excluding hydrogens is 278 g/mol. The number of hydrogen-bond donors (Lipinski definition) is 1. The first-order valence-corrected chi connectivity index (χ1v) is 7.57. The van der Waals surface area contributed by atoms with Crippen LogP contribution in [0.15, 0.2) is 42.5 Å². The van der Waals surface area contributed by atoms with Crippen molar-refractivity contribution < 1.29 is 14.3 Å². The van der Waals surface area contributed by atoms with Gasteiger partial charge in [-0.15, -0.1) is 0 Å². The minimum Gasteiger partial charge on any atom is -0.469 e. The molecule has 0 saturated carbocycles. The Hall–Kier alpha value is -2.10. The summed E-state index contributed by atoms with van der Waals surface area (Å²) in [5.41, 5.74) is 0.269. The molecule has 0 fully saturated rings. The maximum absolute atomic E-state index is 12.8. The van der Waals surface area contributed by atoms with E-state index in [9.17, 15) is 9.59 Å². The minimum atomic E-state index is -0.773. The van der Waals surface area contributed by atoms with Crippen LogP contribution in [0.1, 0.15) is 38.3 Å². The predicted molar refractivity (Wildman–Crippen MR) is 85.0 cm³/mol. The Morgan fingerprint density at radius 3 is 2.59 bits per heavy atom. The summed E-state index contributed by atoms with van der Waals surface area (Å²) >= 11 is 0. The van der Waals surface area contributed by atoms with Gasteiger partial charge in [0, 0.05) is 0 Å². The Labute approximate surface area is 131 Å². The summed E-state index contributed by atoms with van der Waals surface area (Å²) in [6.45, 7) is 3.79. The van der Waals surface area contributed by atoms with Crippen LogP contribution in [0, 0.1) is 11.3 Å². The Morgan fingerprint density at radius 2 is 1.95 bits per heavy atom. The number of methoxy groups -OCH3 is 1. The average Bonchev–Trinajstić information content (AvgIpc) is 2.55. The third-order valence-electron chi connectivity index (χ3n) is 4.50. The van der Waals surface area contributed by atoms with Gasteiger partial charge < -0.3 is 10.1 Å². The molecule has 0 bridgehead atoms. The number of allylic oxidation sites excluding steroid dienone is 2. The van der Waals surface area contributed by atoms with E-state index in [1.807, 2.05) is 56.3 Å². The van der Waals surface area contributed by atoms with Crippen molar-refractivity contribution in [1.29, 1.82) is 0 Å². The number of rotatable bonds is 4. The summed E-state index contributed by atoms with van der Waals surface area (Å²) in [6.07, 6.45) is 4.99. The molecule has 0 aromatic heterocycles. The van der Waals surface area contributed by atoms with Gasteiger partial charge in [0.2, 0.25) is 5.91 Å². The lowest BCUT2D eigenvalue weighted by atomic mass is 9.69. The molecule has 0 spiro atoms. The first-order chi connectivity index (χ1) is 10.5. The zero-order valence-corrected chi connectivity index (χ0v) is 13.3. The van der Waals surface area contributed by atoms with Gasteiger partial charge in [-0.05, 0) is 32.3 Å². The molecule has 1 aliphatic rings. The number of benzene rings is 1. The van der Waals surface area contributed by atoms with Crippen LogP contribution < -0.4 is 5.32 Å². The molecule has 0 aliphatic heterocycles. The van der Waals surface area contributed by atoms with Gasteiger partial charge in [0.1, 0.15) is 0 Å². The molecule has 4 nitrogen and oxygen atoms in total. The standard InChI is InChI=1S/C18H23NO3/c1-13(14-9-5-4-6-10-14)19-17(21)18(2)12-8-7-11-15(18)16(20)22-3/h4-10,13,15H,11-12H2,1-3H3,(H,19,21)/t13-,15-,18-/m1/s1. The van der Waals surface area contributed by atoms with E-state index in [4.69, 9.17) is 4.74 Å². The molecule has 1 N–H and O–H groups in total. The van der Waals surface area contributed by atoms with E-state index in [-0.39, 0.29) is 17.9 Å².